The number of likely N-dealkylation sites (tertiary alicyclic amines) is 1. The van der Waals surface area contributed by atoms with Crippen molar-refractivity contribution in [2.75, 3.05) is 19.3 Å². The van der Waals surface area contributed by atoms with Gasteiger partial charge in [0, 0.05) is 26.3 Å². The van der Waals surface area contributed by atoms with Crippen LogP contribution in [0.1, 0.15) is 55.2 Å². The third-order valence-corrected chi connectivity index (χ3v) is 8.74. The summed E-state index contributed by atoms with van der Waals surface area (Å²) < 4.78 is 102. The number of sulfone groups is 1. The molecule has 0 radical (unpaired) electrons. The number of nitrogens with zero attached hydrogens (tertiary/aromatic N) is 3. The number of halogens is 5. The van der Waals surface area contributed by atoms with Crippen molar-refractivity contribution in [2.24, 2.45) is 5.92 Å². The van der Waals surface area contributed by atoms with E-state index in [4.69, 9.17) is 9.26 Å². The number of ether oxygens (including phenoxy) is 1. The van der Waals surface area contributed by atoms with Gasteiger partial charge in [0.15, 0.2) is 21.8 Å². The summed E-state index contributed by atoms with van der Waals surface area (Å²) in [6.45, 7) is 2.04. The standard InChI is InChI=1S/C23H24F5N3O5S/c1-12(20(2,24)25)35-16-5-4-14(37(3,33)34)8-15(16)17(32)31-10-13-9-21(13,11-31)18-29-19(36-30-18)22(6-7-22)23(26,27)28/h4-5,8,12-13H,6-7,9-11H2,1-3H3/t12-,13?,21?/m0/s1. The van der Waals surface area contributed by atoms with Crippen LogP contribution in [0.15, 0.2) is 27.6 Å². The molecule has 0 spiro atoms. The van der Waals surface area contributed by atoms with E-state index in [2.05, 4.69) is 10.1 Å². The molecular formula is C23H24F5N3O5S. The first-order valence-electron chi connectivity index (χ1n) is 11.6. The van der Waals surface area contributed by atoms with E-state index >= 15 is 0 Å². The number of piperidine rings is 1. The first-order chi connectivity index (χ1) is 17.0. The minimum absolute atomic E-state index is 0.0521. The zero-order valence-electron chi connectivity index (χ0n) is 20.1. The zero-order chi connectivity index (χ0) is 27.2. The highest BCUT2D eigenvalue weighted by atomic mass is 32.2. The van der Waals surface area contributed by atoms with Crippen molar-refractivity contribution < 1.29 is 44.4 Å². The van der Waals surface area contributed by atoms with Gasteiger partial charge in [-0.15, -0.1) is 0 Å². The summed E-state index contributed by atoms with van der Waals surface area (Å²) in [7, 11) is -3.73. The average molecular weight is 550 g/mol. The Morgan fingerprint density at radius 2 is 1.92 bits per heavy atom. The van der Waals surface area contributed by atoms with Gasteiger partial charge in [-0.3, -0.25) is 4.79 Å². The molecule has 37 heavy (non-hydrogen) atoms. The summed E-state index contributed by atoms with van der Waals surface area (Å²) in [5, 5.41) is 3.82. The van der Waals surface area contributed by atoms with E-state index in [0.717, 1.165) is 25.3 Å². The molecule has 2 saturated carbocycles. The molecule has 202 valence electrons. The van der Waals surface area contributed by atoms with Crippen LogP contribution < -0.4 is 4.74 Å². The fourth-order valence-corrected chi connectivity index (χ4v) is 5.47. The lowest BCUT2D eigenvalue weighted by molar-refractivity contribution is -0.166. The molecule has 0 bridgehead atoms. The molecule has 2 heterocycles. The quantitative estimate of drug-likeness (QED) is 0.483. The van der Waals surface area contributed by atoms with Crippen LogP contribution in [0.4, 0.5) is 22.0 Å². The molecule has 0 N–H and O–H groups in total. The molecule has 1 aromatic heterocycles. The second kappa shape index (κ2) is 7.87. The third-order valence-electron chi connectivity index (χ3n) is 7.63. The number of carbonyl (C=O) groups excluding carboxylic acids is 1. The molecule has 8 nitrogen and oxygen atoms in total. The normalized spacial score (nSPS) is 25.5. The maximum absolute atomic E-state index is 13.8. The van der Waals surface area contributed by atoms with E-state index in [9.17, 15) is 35.2 Å². The van der Waals surface area contributed by atoms with Gasteiger partial charge < -0.3 is 14.2 Å². The number of rotatable bonds is 7. The molecule has 3 atom stereocenters. The number of hydrogen-bond donors (Lipinski definition) is 0. The van der Waals surface area contributed by atoms with Crippen molar-refractivity contribution in [3.05, 3.63) is 35.5 Å². The van der Waals surface area contributed by atoms with Crippen molar-refractivity contribution in [3.63, 3.8) is 0 Å². The van der Waals surface area contributed by atoms with E-state index in [1.54, 1.807) is 0 Å². The number of carbonyl (C=O) groups is 1. The number of aromatic nitrogens is 2. The van der Waals surface area contributed by atoms with Crippen molar-refractivity contribution in [3.8, 4) is 5.75 Å². The van der Waals surface area contributed by atoms with Gasteiger partial charge >= 0.3 is 6.18 Å². The fourth-order valence-electron chi connectivity index (χ4n) is 4.82. The molecule has 1 saturated heterocycles. The lowest BCUT2D eigenvalue weighted by Crippen LogP contribution is -2.35. The molecule has 2 unspecified atom stereocenters. The molecule has 1 amide bonds. The van der Waals surface area contributed by atoms with Gasteiger partial charge in [-0.1, -0.05) is 5.16 Å². The smallest absolute Gasteiger partial charge is 0.403 e. The van der Waals surface area contributed by atoms with Crippen molar-refractivity contribution in [1.29, 1.82) is 0 Å². The molecule has 14 heteroatoms. The Morgan fingerprint density at radius 1 is 1.24 bits per heavy atom. The summed E-state index contributed by atoms with van der Waals surface area (Å²) in [5.41, 5.74) is -3.11. The van der Waals surface area contributed by atoms with Gasteiger partial charge in [-0.25, -0.2) is 17.2 Å². The van der Waals surface area contributed by atoms with Crippen LogP contribution in [-0.4, -0.2) is 66.9 Å². The minimum atomic E-state index is -4.51. The second-order valence-electron chi connectivity index (χ2n) is 10.4. The van der Waals surface area contributed by atoms with E-state index in [-0.39, 0.29) is 53.9 Å². The molecule has 1 aliphatic heterocycles. The fraction of sp³-hybridized carbons (Fsp3) is 0.609. The Hall–Kier alpha value is -2.77. The molecule has 5 rings (SSSR count). The second-order valence-corrected chi connectivity index (χ2v) is 12.4. The average Bonchev–Trinajstić information content (AvgIpc) is 3.63. The molecule has 1 aromatic carbocycles. The maximum atomic E-state index is 13.8. The molecular weight excluding hydrogens is 525 g/mol. The van der Waals surface area contributed by atoms with Gasteiger partial charge in [0.1, 0.15) is 11.2 Å². The van der Waals surface area contributed by atoms with Crippen LogP contribution in [0.2, 0.25) is 0 Å². The maximum Gasteiger partial charge on any atom is 0.403 e. The number of alkyl halides is 5. The van der Waals surface area contributed by atoms with Gasteiger partial charge in [-0.2, -0.15) is 18.2 Å². The van der Waals surface area contributed by atoms with E-state index < -0.39 is 50.7 Å². The molecule has 2 aliphatic carbocycles. The van der Waals surface area contributed by atoms with Gasteiger partial charge in [0.2, 0.25) is 5.89 Å². The van der Waals surface area contributed by atoms with E-state index in [0.29, 0.717) is 13.3 Å². The van der Waals surface area contributed by atoms with Gasteiger partial charge in [0.25, 0.3) is 11.8 Å². The summed E-state index contributed by atoms with van der Waals surface area (Å²) in [6, 6.07) is 3.41. The third kappa shape index (κ3) is 4.26. The Labute approximate surface area is 209 Å². The van der Waals surface area contributed by atoms with Gasteiger partial charge in [0.05, 0.1) is 15.9 Å². The Kier molecular flexibility index (Phi) is 5.50. The van der Waals surface area contributed by atoms with Crippen LogP contribution in [0.3, 0.4) is 0 Å². The van der Waals surface area contributed by atoms with E-state index in [1.165, 1.54) is 11.0 Å². The number of amides is 1. The molecule has 3 fully saturated rings. The van der Waals surface area contributed by atoms with Crippen molar-refractivity contribution in [2.45, 2.75) is 67.0 Å². The van der Waals surface area contributed by atoms with E-state index in [1.807, 2.05) is 0 Å². The first kappa shape index (κ1) is 25.9. The van der Waals surface area contributed by atoms with Crippen LogP contribution in [0.5, 0.6) is 5.75 Å². The SMILES string of the molecule is C[C@H](Oc1ccc(S(C)(=O)=O)cc1C(=O)N1CC2CC2(c2noc(C3(C(F)(F)F)CC3)n2)C1)C(C)(F)F. The molecule has 2 aromatic rings. The minimum Gasteiger partial charge on any atom is -0.484 e. The lowest BCUT2D eigenvalue weighted by Gasteiger charge is -2.25. The summed E-state index contributed by atoms with van der Waals surface area (Å²) in [6.07, 6.45) is -4.89. The Bertz CT molecular complexity index is 1370. The first-order valence-corrected chi connectivity index (χ1v) is 13.5. The summed E-state index contributed by atoms with van der Waals surface area (Å²) in [5.74, 6) is -4.62. The van der Waals surface area contributed by atoms with Crippen LogP contribution in [-0.2, 0) is 20.7 Å². The highest BCUT2D eigenvalue weighted by Gasteiger charge is 2.70. The van der Waals surface area contributed by atoms with Gasteiger partial charge in [-0.05, 0) is 50.3 Å². The summed E-state index contributed by atoms with van der Waals surface area (Å²) >= 11 is 0. The molecule has 3 aliphatic rings. The number of hydrogen-bond acceptors (Lipinski definition) is 7. The lowest BCUT2D eigenvalue weighted by atomic mass is 10.0. The highest BCUT2D eigenvalue weighted by Crippen LogP contribution is 2.61. The largest absolute Gasteiger partial charge is 0.484 e. The predicted octanol–water partition coefficient (Wildman–Crippen LogP) is 3.90. The van der Waals surface area contributed by atoms with Crippen molar-refractivity contribution in [1.82, 2.24) is 15.0 Å². The monoisotopic (exact) mass is 549 g/mol. The van der Waals surface area contributed by atoms with Crippen LogP contribution >= 0.6 is 0 Å². The highest BCUT2D eigenvalue weighted by molar-refractivity contribution is 7.90. The van der Waals surface area contributed by atoms with Crippen LogP contribution in [0.25, 0.3) is 0 Å². The number of benzene rings is 1. The Morgan fingerprint density at radius 3 is 2.49 bits per heavy atom. The summed E-state index contributed by atoms with van der Waals surface area (Å²) in [4.78, 5) is 18.7. The zero-order valence-corrected chi connectivity index (χ0v) is 20.9. The Balaban J connectivity index is 1.41. The van der Waals surface area contributed by atoms with Crippen LogP contribution in [0, 0.1) is 5.92 Å². The predicted molar refractivity (Wildman–Crippen MR) is 117 cm³/mol. The topological polar surface area (TPSA) is 103 Å². The number of fused-ring (bicyclic) bond motifs is 1. The van der Waals surface area contributed by atoms with Crippen molar-refractivity contribution >= 4 is 15.7 Å².